The van der Waals surface area contributed by atoms with Crippen LogP contribution in [0.1, 0.15) is 0 Å². The fourth-order valence-corrected chi connectivity index (χ4v) is 2.33. The predicted octanol–water partition coefficient (Wildman–Crippen LogP) is 4.50. The molecule has 0 bridgehead atoms. The fourth-order valence-electron chi connectivity index (χ4n) is 2.33. The number of aromatic nitrogens is 1. The van der Waals surface area contributed by atoms with Gasteiger partial charge < -0.3 is 9.47 Å². The van der Waals surface area contributed by atoms with Crippen molar-refractivity contribution in [3.63, 3.8) is 0 Å². The molecular weight excluding hydrogens is 330 g/mol. The summed E-state index contributed by atoms with van der Waals surface area (Å²) in [6, 6.07) is 16.1. The van der Waals surface area contributed by atoms with E-state index >= 15 is 0 Å². The van der Waals surface area contributed by atoms with E-state index in [0.717, 1.165) is 27.8 Å². The van der Waals surface area contributed by atoms with Gasteiger partial charge in [-0.3, -0.25) is 4.98 Å². The molecule has 0 N–H and O–H groups in total. The number of rotatable bonds is 3. The molecule has 1 aromatic heterocycles. The van der Waals surface area contributed by atoms with E-state index in [1.54, 1.807) is 14.2 Å². The maximum Gasteiger partial charge on any atom is 0.161 e. The summed E-state index contributed by atoms with van der Waals surface area (Å²) in [4.78, 5) is 4.51. The lowest BCUT2D eigenvalue weighted by atomic mass is 10.0. The van der Waals surface area contributed by atoms with Crippen molar-refractivity contribution in [2.45, 2.75) is 0 Å². The minimum absolute atomic E-state index is 0. The highest BCUT2D eigenvalue weighted by molar-refractivity contribution is 8.93. The molecule has 0 unspecified atom stereocenters. The molecule has 0 aliphatic rings. The van der Waals surface area contributed by atoms with E-state index in [-0.39, 0.29) is 17.0 Å². The van der Waals surface area contributed by atoms with Crippen molar-refractivity contribution < 1.29 is 9.47 Å². The van der Waals surface area contributed by atoms with Gasteiger partial charge in [0.1, 0.15) is 0 Å². The Morgan fingerprint density at radius 1 is 0.857 bits per heavy atom. The number of fused-ring (bicyclic) bond motifs is 1. The highest BCUT2D eigenvalue weighted by atomic mass is 79.9. The number of benzene rings is 2. The van der Waals surface area contributed by atoms with Crippen molar-refractivity contribution in [1.29, 1.82) is 0 Å². The Kier molecular flexibility index (Phi) is 4.81. The number of ether oxygens (including phenoxy) is 2. The molecule has 0 saturated heterocycles. The van der Waals surface area contributed by atoms with Gasteiger partial charge in [0.2, 0.25) is 0 Å². The van der Waals surface area contributed by atoms with Crippen molar-refractivity contribution in [2.24, 2.45) is 0 Å². The standard InChI is InChI=1S/C17H15NO2.BrH/c1-19-15-10-13-8-9-18-17(12-6-4-3-5-7-12)14(13)11-16(15)20-2;/h3-11H,1-2H3;1H. The van der Waals surface area contributed by atoms with E-state index < -0.39 is 0 Å². The Morgan fingerprint density at radius 2 is 1.52 bits per heavy atom. The smallest absolute Gasteiger partial charge is 0.161 e. The molecule has 0 aliphatic carbocycles. The van der Waals surface area contributed by atoms with E-state index in [4.69, 9.17) is 9.47 Å². The fraction of sp³-hybridized carbons (Fsp3) is 0.118. The van der Waals surface area contributed by atoms with Gasteiger partial charge in [-0.05, 0) is 23.6 Å². The first-order valence-corrected chi connectivity index (χ1v) is 6.39. The quantitative estimate of drug-likeness (QED) is 0.700. The molecule has 1 heterocycles. The van der Waals surface area contributed by atoms with Gasteiger partial charge in [0.25, 0.3) is 0 Å². The number of hydrogen-bond acceptors (Lipinski definition) is 3. The SMILES string of the molecule is Br.COc1cc2ccnc(-c3ccccc3)c2cc1OC. The second kappa shape index (κ2) is 6.59. The van der Waals surface area contributed by atoms with Crippen LogP contribution in [0.4, 0.5) is 0 Å². The largest absolute Gasteiger partial charge is 0.493 e. The Balaban J connectivity index is 0.00000161. The van der Waals surface area contributed by atoms with Gasteiger partial charge in [0.15, 0.2) is 11.5 Å². The van der Waals surface area contributed by atoms with Crippen LogP contribution in [0.2, 0.25) is 0 Å². The van der Waals surface area contributed by atoms with Gasteiger partial charge in [0, 0.05) is 17.1 Å². The van der Waals surface area contributed by atoms with Crippen LogP contribution < -0.4 is 9.47 Å². The lowest BCUT2D eigenvalue weighted by molar-refractivity contribution is 0.356. The van der Waals surface area contributed by atoms with Crippen molar-refractivity contribution >= 4 is 27.8 Å². The minimum Gasteiger partial charge on any atom is -0.493 e. The van der Waals surface area contributed by atoms with E-state index in [0.29, 0.717) is 5.75 Å². The molecule has 0 amide bonds. The third-order valence-electron chi connectivity index (χ3n) is 3.32. The Labute approximate surface area is 134 Å². The predicted molar refractivity (Wildman–Crippen MR) is 90.6 cm³/mol. The maximum atomic E-state index is 5.38. The summed E-state index contributed by atoms with van der Waals surface area (Å²) in [6.45, 7) is 0. The summed E-state index contributed by atoms with van der Waals surface area (Å²) in [5.74, 6) is 1.44. The summed E-state index contributed by atoms with van der Waals surface area (Å²) in [5, 5.41) is 2.13. The van der Waals surface area contributed by atoms with Crippen LogP contribution in [0.25, 0.3) is 22.0 Å². The maximum absolute atomic E-state index is 5.38. The summed E-state index contributed by atoms with van der Waals surface area (Å²) in [6.07, 6.45) is 1.82. The van der Waals surface area contributed by atoms with Crippen LogP contribution in [-0.2, 0) is 0 Å². The van der Waals surface area contributed by atoms with Gasteiger partial charge in [-0.1, -0.05) is 30.3 Å². The van der Waals surface area contributed by atoms with E-state index in [9.17, 15) is 0 Å². The average molecular weight is 346 g/mol. The number of nitrogens with zero attached hydrogens (tertiary/aromatic N) is 1. The van der Waals surface area contributed by atoms with Gasteiger partial charge in [0.05, 0.1) is 19.9 Å². The van der Waals surface area contributed by atoms with Crippen LogP contribution in [-0.4, -0.2) is 19.2 Å². The molecule has 0 spiro atoms. The zero-order chi connectivity index (χ0) is 13.9. The van der Waals surface area contributed by atoms with Crippen LogP contribution in [0.5, 0.6) is 11.5 Å². The molecule has 4 heteroatoms. The first-order chi connectivity index (χ1) is 9.83. The second-order valence-corrected chi connectivity index (χ2v) is 4.45. The summed E-state index contributed by atoms with van der Waals surface area (Å²) < 4.78 is 10.7. The Hall–Kier alpha value is -2.07. The molecule has 0 fully saturated rings. The van der Waals surface area contributed by atoms with E-state index in [1.807, 2.05) is 42.6 Å². The Bertz CT molecular complexity index is 744. The molecule has 3 rings (SSSR count). The van der Waals surface area contributed by atoms with E-state index in [2.05, 4.69) is 17.1 Å². The Morgan fingerprint density at radius 3 is 2.19 bits per heavy atom. The molecule has 0 atom stereocenters. The molecule has 3 nitrogen and oxygen atoms in total. The van der Waals surface area contributed by atoms with Crippen molar-refractivity contribution in [2.75, 3.05) is 14.2 Å². The average Bonchev–Trinajstić information content (AvgIpc) is 2.53. The molecule has 3 aromatic rings. The zero-order valence-corrected chi connectivity index (χ0v) is 13.6. The number of pyridine rings is 1. The highest BCUT2D eigenvalue weighted by Gasteiger charge is 2.10. The normalized spacial score (nSPS) is 10.0. The first kappa shape index (κ1) is 15.3. The van der Waals surface area contributed by atoms with Crippen LogP contribution in [0.3, 0.4) is 0 Å². The van der Waals surface area contributed by atoms with Crippen LogP contribution in [0.15, 0.2) is 54.7 Å². The monoisotopic (exact) mass is 345 g/mol. The molecular formula is C17H16BrNO2. The van der Waals surface area contributed by atoms with Gasteiger partial charge in [-0.2, -0.15) is 0 Å². The second-order valence-electron chi connectivity index (χ2n) is 4.45. The van der Waals surface area contributed by atoms with Crippen LogP contribution >= 0.6 is 17.0 Å². The zero-order valence-electron chi connectivity index (χ0n) is 11.9. The van der Waals surface area contributed by atoms with E-state index in [1.165, 1.54) is 0 Å². The third kappa shape index (κ3) is 2.85. The summed E-state index contributed by atoms with van der Waals surface area (Å²) >= 11 is 0. The molecule has 0 radical (unpaired) electrons. The molecule has 2 aromatic carbocycles. The lowest BCUT2D eigenvalue weighted by Crippen LogP contribution is -1.92. The number of halogens is 1. The molecule has 21 heavy (non-hydrogen) atoms. The van der Waals surface area contributed by atoms with Crippen molar-refractivity contribution in [3.8, 4) is 22.8 Å². The molecule has 0 saturated carbocycles. The van der Waals surface area contributed by atoms with Gasteiger partial charge in [-0.15, -0.1) is 17.0 Å². The van der Waals surface area contributed by atoms with Gasteiger partial charge in [-0.25, -0.2) is 0 Å². The first-order valence-electron chi connectivity index (χ1n) is 6.39. The number of hydrogen-bond donors (Lipinski definition) is 0. The molecule has 0 aliphatic heterocycles. The van der Waals surface area contributed by atoms with Gasteiger partial charge >= 0.3 is 0 Å². The minimum atomic E-state index is 0. The summed E-state index contributed by atoms with van der Waals surface area (Å²) in [5.41, 5.74) is 2.04. The third-order valence-corrected chi connectivity index (χ3v) is 3.32. The lowest BCUT2D eigenvalue weighted by Gasteiger charge is -2.11. The number of methoxy groups -OCH3 is 2. The van der Waals surface area contributed by atoms with Crippen LogP contribution in [0, 0.1) is 0 Å². The molecule has 108 valence electrons. The van der Waals surface area contributed by atoms with Crippen molar-refractivity contribution in [3.05, 3.63) is 54.7 Å². The highest BCUT2D eigenvalue weighted by Crippen LogP contribution is 2.35. The van der Waals surface area contributed by atoms with Crippen molar-refractivity contribution in [1.82, 2.24) is 4.98 Å². The topological polar surface area (TPSA) is 31.4 Å². The summed E-state index contributed by atoms with van der Waals surface area (Å²) in [7, 11) is 3.28.